The van der Waals surface area contributed by atoms with E-state index >= 15 is 0 Å². The molecule has 1 amide bonds. The van der Waals surface area contributed by atoms with Gasteiger partial charge in [-0.3, -0.25) is 4.79 Å². The van der Waals surface area contributed by atoms with Gasteiger partial charge in [0.2, 0.25) is 11.0 Å². The summed E-state index contributed by atoms with van der Waals surface area (Å²) < 4.78 is 0. The van der Waals surface area contributed by atoms with Crippen LogP contribution in [0.1, 0.15) is 29.5 Å². The van der Waals surface area contributed by atoms with Crippen molar-refractivity contribution in [3.8, 4) is 0 Å². The lowest BCUT2D eigenvalue weighted by molar-refractivity contribution is -0.131. The third-order valence-corrected chi connectivity index (χ3v) is 4.81. The zero-order chi connectivity index (χ0) is 16.9. The average Bonchev–Trinajstić information content (AvgIpc) is 3.00. The number of nitrogens with zero attached hydrogens (tertiary/aromatic N) is 4. The number of nitrogens with one attached hydrogen (secondary N) is 2. The highest BCUT2D eigenvalue weighted by molar-refractivity contribution is 7.15. The molecular formula is C16H22N6OS. The van der Waals surface area contributed by atoms with Gasteiger partial charge in [-0.25, -0.2) is 4.98 Å². The summed E-state index contributed by atoms with van der Waals surface area (Å²) in [6, 6.07) is 5.95. The zero-order valence-electron chi connectivity index (χ0n) is 14.0. The smallest absolute Gasteiger partial charge is 0.236 e. The Bertz CT molecular complexity index is 703. The predicted octanol–water partition coefficient (Wildman–Crippen LogP) is 1.91. The first-order valence-electron chi connectivity index (χ1n) is 8.12. The number of carbonyl (C=O) groups is 1. The molecule has 8 heteroatoms. The molecule has 0 spiro atoms. The molecule has 3 rings (SSSR count). The molecule has 24 heavy (non-hydrogen) atoms. The van der Waals surface area contributed by atoms with Gasteiger partial charge in [-0.05, 0) is 38.9 Å². The normalized spacial score (nSPS) is 17.8. The Kier molecular flexibility index (Phi) is 5.37. The Balaban J connectivity index is 1.70. The van der Waals surface area contributed by atoms with Crippen LogP contribution in [0, 0.1) is 6.92 Å². The molecular weight excluding hydrogens is 324 g/mol. The summed E-state index contributed by atoms with van der Waals surface area (Å²) in [5, 5.41) is 15.9. The number of carbonyl (C=O) groups excluding carboxylic acids is 1. The van der Waals surface area contributed by atoms with Gasteiger partial charge in [0.15, 0.2) is 0 Å². The van der Waals surface area contributed by atoms with E-state index in [2.05, 4.69) is 20.8 Å². The van der Waals surface area contributed by atoms with Gasteiger partial charge in [-0.1, -0.05) is 17.4 Å². The minimum absolute atomic E-state index is 0.154. The minimum Gasteiger partial charge on any atom is -0.341 e. The van der Waals surface area contributed by atoms with Crippen LogP contribution >= 0.6 is 11.3 Å². The quantitative estimate of drug-likeness (QED) is 0.860. The largest absolute Gasteiger partial charge is 0.341 e. The van der Waals surface area contributed by atoms with Crippen molar-refractivity contribution in [2.24, 2.45) is 0 Å². The lowest BCUT2D eigenvalue weighted by atomic mass is 9.94. The maximum Gasteiger partial charge on any atom is 0.236 e. The first kappa shape index (κ1) is 16.8. The van der Waals surface area contributed by atoms with Crippen LogP contribution in [0.15, 0.2) is 18.2 Å². The number of pyridine rings is 1. The van der Waals surface area contributed by atoms with E-state index in [1.807, 2.05) is 30.0 Å². The van der Waals surface area contributed by atoms with E-state index in [-0.39, 0.29) is 11.8 Å². The van der Waals surface area contributed by atoms with Gasteiger partial charge in [0.05, 0.1) is 6.54 Å². The molecule has 1 saturated heterocycles. The fourth-order valence-corrected chi connectivity index (χ4v) is 3.51. The second-order valence-electron chi connectivity index (χ2n) is 5.91. The molecule has 1 unspecified atom stereocenters. The van der Waals surface area contributed by atoms with Crippen molar-refractivity contribution in [2.75, 3.05) is 32.0 Å². The molecule has 1 fully saturated rings. The third-order valence-electron chi connectivity index (χ3n) is 4.05. The maximum atomic E-state index is 12.1. The van der Waals surface area contributed by atoms with Crippen LogP contribution in [0.5, 0.6) is 0 Å². The molecule has 0 radical (unpaired) electrons. The Labute approximate surface area is 145 Å². The molecule has 128 valence electrons. The second-order valence-corrected chi connectivity index (χ2v) is 7.09. The summed E-state index contributed by atoms with van der Waals surface area (Å²) in [6.07, 6.45) is 2.06. The van der Waals surface area contributed by atoms with Gasteiger partial charge in [0, 0.05) is 24.7 Å². The van der Waals surface area contributed by atoms with Crippen molar-refractivity contribution in [2.45, 2.75) is 25.7 Å². The van der Waals surface area contributed by atoms with Crippen LogP contribution in [0.4, 0.5) is 10.9 Å². The molecule has 0 saturated carbocycles. The van der Waals surface area contributed by atoms with Crippen molar-refractivity contribution < 1.29 is 4.79 Å². The van der Waals surface area contributed by atoms with Gasteiger partial charge >= 0.3 is 0 Å². The van der Waals surface area contributed by atoms with Crippen molar-refractivity contribution in [1.29, 1.82) is 0 Å². The topological polar surface area (TPSA) is 83.0 Å². The van der Waals surface area contributed by atoms with Crippen LogP contribution in [0.2, 0.25) is 0 Å². The molecule has 0 aromatic carbocycles. The molecule has 2 N–H and O–H groups in total. The number of anilines is 2. The number of rotatable bonds is 5. The Morgan fingerprint density at radius 2 is 2.29 bits per heavy atom. The molecule has 7 nitrogen and oxygen atoms in total. The maximum absolute atomic E-state index is 12.1. The van der Waals surface area contributed by atoms with Crippen LogP contribution < -0.4 is 10.6 Å². The van der Waals surface area contributed by atoms with E-state index in [1.54, 1.807) is 7.05 Å². The number of likely N-dealkylation sites (N-methyl/N-ethyl adjacent to an activating group) is 1. The van der Waals surface area contributed by atoms with Crippen molar-refractivity contribution >= 4 is 28.2 Å². The fraction of sp³-hybridized carbons (Fsp3) is 0.500. The van der Waals surface area contributed by atoms with Crippen LogP contribution in [0.25, 0.3) is 0 Å². The molecule has 1 atom stereocenters. The number of aryl methyl sites for hydroxylation is 1. The number of hydrogen-bond acceptors (Lipinski definition) is 7. The van der Waals surface area contributed by atoms with E-state index in [0.717, 1.165) is 47.6 Å². The van der Waals surface area contributed by atoms with E-state index < -0.39 is 0 Å². The third kappa shape index (κ3) is 4.07. The van der Waals surface area contributed by atoms with E-state index in [0.29, 0.717) is 6.54 Å². The van der Waals surface area contributed by atoms with Gasteiger partial charge in [-0.2, -0.15) is 0 Å². The SMILES string of the molecule is CNCC(=O)N1CCCC(c2cccc(Nc3nnc(C)s3)n2)C1. The summed E-state index contributed by atoms with van der Waals surface area (Å²) in [4.78, 5) is 18.7. The number of likely N-dealkylation sites (tertiary alicyclic amines) is 1. The molecule has 3 heterocycles. The molecule has 0 aliphatic carbocycles. The first-order valence-corrected chi connectivity index (χ1v) is 8.94. The Morgan fingerprint density at radius 1 is 1.42 bits per heavy atom. The van der Waals surface area contributed by atoms with Crippen LogP contribution in [-0.4, -0.2) is 52.7 Å². The highest BCUT2D eigenvalue weighted by Crippen LogP contribution is 2.27. The molecule has 1 aliphatic heterocycles. The van der Waals surface area contributed by atoms with E-state index in [9.17, 15) is 4.79 Å². The van der Waals surface area contributed by atoms with Crippen molar-refractivity contribution in [1.82, 2.24) is 25.4 Å². The van der Waals surface area contributed by atoms with Gasteiger partial charge in [0.1, 0.15) is 10.8 Å². The Morgan fingerprint density at radius 3 is 3.04 bits per heavy atom. The number of hydrogen-bond donors (Lipinski definition) is 2. The van der Waals surface area contributed by atoms with Gasteiger partial charge < -0.3 is 15.5 Å². The fourth-order valence-electron chi connectivity index (χ4n) is 2.91. The van der Waals surface area contributed by atoms with Gasteiger partial charge in [-0.15, -0.1) is 10.2 Å². The highest BCUT2D eigenvalue weighted by Gasteiger charge is 2.25. The summed E-state index contributed by atoms with van der Waals surface area (Å²) in [6.45, 7) is 3.87. The molecule has 1 aliphatic rings. The lowest BCUT2D eigenvalue weighted by Crippen LogP contribution is -2.43. The molecule has 2 aromatic rings. The highest BCUT2D eigenvalue weighted by atomic mass is 32.1. The average molecular weight is 346 g/mol. The van der Waals surface area contributed by atoms with Gasteiger partial charge in [0.25, 0.3) is 0 Å². The zero-order valence-corrected chi connectivity index (χ0v) is 14.8. The van der Waals surface area contributed by atoms with Crippen LogP contribution in [-0.2, 0) is 4.79 Å². The van der Waals surface area contributed by atoms with E-state index in [4.69, 9.17) is 4.98 Å². The standard InChI is InChI=1S/C16H22N6OS/c1-11-20-21-16(24-11)19-14-7-3-6-13(18-14)12-5-4-8-22(10-12)15(23)9-17-2/h3,6-7,12,17H,4-5,8-10H2,1-2H3,(H,18,19,21). The summed E-state index contributed by atoms with van der Waals surface area (Å²) in [7, 11) is 1.80. The predicted molar refractivity (Wildman–Crippen MR) is 94.6 cm³/mol. The van der Waals surface area contributed by atoms with Crippen LogP contribution in [0.3, 0.4) is 0 Å². The van der Waals surface area contributed by atoms with Crippen molar-refractivity contribution in [3.63, 3.8) is 0 Å². The summed E-state index contributed by atoms with van der Waals surface area (Å²) >= 11 is 1.50. The Hall–Kier alpha value is -2.06. The number of piperidine rings is 1. The van der Waals surface area contributed by atoms with E-state index in [1.165, 1.54) is 11.3 Å². The summed E-state index contributed by atoms with van der Waals surface area (Å²) in [5.74, 6) is 1.20. The minimum atomic E-state index is 0.154. The first-order chi connectivity index (χ1) is 11.7. The second kappa shape index (κ2) is 7.67. The number of aromatic nitrogens is 3. The van der Waals surface area contributed by atoms with Crippen molar-refractivity contribution in [3.05, 3.63) is 28.9 Å². The molecule has 2 aromatic heterocycles. The monoisotopic (exact) mass is 346 g/mol. The molecule has 0 bridgehead atoms. The summed E-state index contributed by atoms with van der Waals surface area (Å²) in [5.41, 5.74) is 1.02. The number of amides is 1. The lowest BCUT2D eigenvalue weighted by Gasteiger charge is -2.32.